The molecule has 37 heavy (non-hydrogen) atoms. The first-order chi connectivity index (χ1) is 17.4. The minimum Gasteiger partial charge on any atom is -0.485 e. The molecule has 0 aliphatic carbocycles. The Morgan fingerprint density at radius 2 is 1.11 bits per heavy atom. The zero-order chi connectivity index (χ0) is 27.3. The summed E-state index contributed by atoms with van der Waals surface area (Å²) in [6, 6.07) is 17.1. The van der Waals surface area contributed by atoms with Crippen LogP contribution in [0.4, 0.5) is 0 Å². The molecule has 3 unspecified atom stereocenters. The summed E-state index contributed by atoms with van der Waals surface area (Å²) in [4.78, 5) is 0. The van der Waals surface area contributed by atoms with Crippen LogP contribution in [0.5, 0.6) is 11.5 Å². The topological polar surface area (TPSA) is 36.9 Å². The molecule has 0 saturated carbocycles. The number of rotatable bonds is 14. The van der Waals surface area contributed by atoms with E-state index in [-0.39, 0.29) is 22.9 Å². The van der Waals surface area contributed by atoms with Crippen molar-refractivity contribution in [1.29, 1.82) is 0 Å². The first-order valence-corrected chi connectivity index (χ1v) is 14.0. The molecule has 0 aliphatic heterocycles. The summed E-state index contributed by atoms with van der Waals surface area (Å²) in [5, 5.41) is 4.68. The first kappa shape index (κ1) is 29.3. The van der Waals surface area contributed by atoms with Crippen LogP contribution in [0.3, 0.4) is 0 Å². The molecule has 204 valence electrons. The van der Waals surface area contributed by atoms with Gasteiger partial charge in [0.25, 0.3) is 0 Å². The second-order valence-electron chi connectivity index (χ2n) is 11.6. The fraction of sp³-hybridized carbons (Fsp3) is 0.576. The summed E-state index contributed by atoms with van der Waals surface area (Å²) in [7, 11) is 0. The van der Waals surface area contributed by atoms with Crippen molar-refractivity contribution in [2.24, 2.45) is 0 Å². The standard InChI is InChI=1S/C33H48O4/c1-10-24(5)34-22-32(8,12-3)36-29-16-14-25-19-28-21-30(17-15-26(28)18-27(25)20-29)37-33(9,13-4)23-35-31(6,7)11-2/h14-21,24H,10-13,22-23H2,1-9H3. The molecule has 3 aromatic carbocycles. The van der Waals surface area contributed by atoms with Crippen molar-refractivity contribution in [2.45, 2.75) is 111 Å². The fourth-order valence-electron chi connectivity index (χ4n) is 3.94. The Balaban J connectivity index is 1.80. The molecule has 0 aromatic heterocycles. The van der Waals surface area contributed by atoms with Gasteiger partial charge in [-0.15, -0.1) is 0 Å². The van der Waals surface area contributed by atoms with Crippen LogP contribution in [0.2, 0.25) is 0 Å². The number of ether oxygens (including phenoxy) is 4. The highest BCUT2D eigenvalue weighted by Crippen LogP contribution is 2.32. The molecule has 3 atom stereocenters. The summed E-state index contributed by atoms with van der Waals surface area (Å²) in [6.45, 7) is 20.3. The van der Waals surface area contributed by atoms with E-state index in [0.717, 1.165) is 48.0 Å². The van der Waals surface area contributed by atoms with Crippen molar-refractivity contribution in [3.8, 4) is 11.5 Å². The lowest BCUT2D eigenvalue weighted by atomic mass is 10.0. The van der Waals surface area contributed by atoms with Crippen molar-refractivity contribution < 1.29 is 18.9 Å². The van der Waals surface area contributed by atoms with Gasteiger partial charge in [-0.25, -0.2) is 0 Å². The normalized spacial score (nSPS) is 16.4. The van der Waals surface area contributed by atoms with E-state index in [1.807, 2.05) is 0 Å². The Kier molecular flexibility index (Phi) is 9.52. The summed E-state index contributed by atoms with van der Waals surface area (Å²) < 4.78 is 25.1. The lowest BCUT2D eigenvalue weighted by Crippen LogP contribution is -2.40. The van der Waals surface area contributed by atoms with E-state index in [1.165, 1.54) is 10.8 Å². The largest absolute Gasteiger partial charge is 0.485 e. The average molecular weight is 509 g/mol. The number of benzene rings is 3. The summed E-state index contributed by atoms with van der Waals surface area (Å²) in [5.41, 5.74) is -0.893. The maximum absolute atomic E-state index is 6.49. The fourth-order valence-corrected chi connectivity index (χ4v) is 3.94. The van der Waals surface area contributed by atoms with Gasteiger partial charge >= 0.3 is 0 Å². The van der Waals surface area contributed by atoms with Gasteiger partial charge in [-0.05, 0) is 118 Å². The lowest BCUT2D eigenvalue weighted by Gasteiger charge is -2.34. The minimum absolute atomic E-state index is 0.153. The molecule has 0 bridgehead atoms. The molecule has 4 heteroatoms. The van der Waals surface area contributed by atoms with Crippen LogP contribution in [-0.4, -0.2) is 36.1 Å². The Morgan fingerprint density at radius 3 is 1.54 bits per heavy atom. The second kappa shape index (κ2) is 12.0. The Labute approximate surface area is 224 Å². The van der Waals surface area contributed by atoms with Gasteiger partial charge < -0.3 is 18.9 Å². The first-order valence-electron chi connectivity index (χ1n) is 14.0. The summed E-state index contributed by atoms with van der Waals surface area (Å²) >= 11 is 0. The zero-order valence-corrected chi connectivity index (χ0v) is 24.6. The number of hydrogen-bond acceptors (Lipinski definition) is 4. The molecule has 0 saturated heterocycles. The number of fused-ring (bicyclic) bond motifs is 2. The molecule has 0 amide bonds. The molecular weight excluding hydrogens is 460 g/mol. The van der Waals surface area contributed by atoms with E-state index in [4.69, 9.17) is 18.9 Å². The van der Waals surface area contributed by atoms with Crippen LogP contribution in [0.1, 0.15) is 88.0 Å². The SMILES string of the molecule is CCC(C)OCC(C)(CC)Oc1ccc2cc3cc(OC(C)(CC)COC(C)(C)CC)ccc3cc2c1. The number of hydrogen-bond donors (Lipinski definition) is 0. The highest BCUT2D eigenvalue weighted by molar-refractivity contribution is 5.99. The molecule has 0 fully saturated rings. The maximum atomic E-state index is 6.49. The molecule has 3 rings (SSSR count). The summed E-state index contributed by atoms with van der Waals surface area (Å²) in [5.74, 6) is 1.74. The van der Waals surface area contributed by atoms with Gasteiger partial charge in [0, 0.05) is 0 Å². The highest BCUT2D eigenvalue weighted by atomic mass is 16.6. The van der Waals surface area contributed by atoms with E-state index >= 15 is 0 Å². The molecule has 0 aliphatic rings. The van der Waals surface area contributed by atoms with Crippen molar-refractivity contribution in [3.63, 3.8) is 0 Å². The Bertz CT molecular complexity index is 1170. The third kappa shape index (κ3) is 7.85. The Hall–Kier alpha value is -2.30. The average Bonchev–Trinajstić information content (AvgIpc) is 2.89. The van der Waals surface area contributed by atoms with Crippen LogP contribution in [0, 0.1) is 0 Å². The van der Waals surface area contributed by atoms with Crippen LogP contribution in [0.15, 0.2) is 48.5 Å². The molecule has 4 nitrogen and oxygen atoms in total. The van der Waals surface area contributed by atoms with Crippen LogP contribution >= 0.6 is 0 Å². The lowest BCUT2D eigenvalue weighted by molar-refractivity contribution is -0.0900. The van der Waals surface area contributed by atoms with Crippen molar-refractivity contribution in [1.82, 2.24) is 0 Å². The monoisotopic (exact) mass is 508 g/mol. The van der Waals surface area contributed by atoms with Crippen LogP contribution < -0.4 is 9.47 Å². The molecule has 0 radical (unpaired) electrons. The van der Waals surface area contributed by atoms with Crippen molar-refractivity contribution >= 4 is 21.5 Å². The van der Waals surface area contributed by atoms with E-state index < -0.39 is 0 Å². The summed E-state index contributed by atoms with van der Waals surface area (Å²) in [6.07, 6.45) is 3.94. The molecule has 0 N–H and O–H groups in total. The molecule has 0 heterocycles. The van der Waals surface area contributed by atoms with E-state index in [0.29, 0.717) is 13.2 Å². The van der Waals surface area contributed by atoms with Crippen molar-refractivity contribution in [2.75, 3.05) is 13.2 Å². The van der Waals surface area contributed by atoms with E-state index in [2.05, 4.69) is 111 Å². The van der Waals surface area contributed by atoms with Crippen LogP contribution in [-0.2, 0) is 9.47 Å². The van der Waals surface area contributed by atoms with Gasteiger partial charge in [0.1, 0.15) is 22.7 Å². The Morgan fingerprint density at radius 1 is 0.622 bits per heavy atom. The van der Waals surface area contributed by atoms with Gasteiger partial charge in [-0.2, -0.15) is 0 Å². The maximum Gasteiger partial charge on any atom is 0.129 e. The zero-order valence-electron chi connectivity index (χ0n) is 24.6. The third-order valence-corrected chi connectivity index (χ3v) is 7.83. The van der Waals surface area contributed by atoms with Gasteiger partial charge in [0.15, 0.2) is 0 Å². The van der Waals surface area contributed by atoms with Gasteiger partial charge in [0.2, 0.25) is 0 Å². The molecule has 0 spiro atoms. The van der Waals surface area contributed by atoms with Crippen molar-refractivity contribution in [3.05, 3.63) is 48.5 Å². The van der Waals surface area contributed by atoms with Crippen LogP contribution in [0.25, 0.3) is 21.5 Å². The smallest absolute Gasteiger partial charge is 0.129 e. The predicted octanol–water partition coefficient (Wildman–Crippen LogP) is 9.11. The second-order valence-corrected chi connectivity index (χ2v) is 11.6. The van der Waals surface area contributed by atoms with Gasteiger partial charge in [0.05, 0.1) is 24.9 Å². The predicted molar refractivity (Wildman–Crippen MR) is 156 cm³/mol. The van der Waals surface area contributed by atoms with Gasteiger partial charge in [-0.1, -0.05) is 39.8 Å². The highest BCUT2D eigenvalue weighted by Gasteiger charge is 2.29. The quantitative estimate of drug-likeness (QED) is 0.203. The van der Waals surface area contributed by atoms with Gasteiger partial charge in [-0.3, -0.25) is 0 Å². The van der Waals surface area contributed by atoms with E-state index in [1.54, 1.807) is 0 Å². The minimum atomic E-state index is -0.381. The molecule has 3 aromatic rings. The van der Waals surface area contributed by atoms with E-state index in [9.17, 15) is 0 Å². The third-order valence-electron chi connectivity index (χ3n) is 7.83. The molecular formula is C33H48O4.